The van der Waals surface area contributed by atoms with Crippen molar-refractivity contribution in [3.05, 3.63) is 80.3 Å². The van der Waals surface area contributed by atoms with Gasteiger partial charge in [-0.15, -0.1) is 0 Å². The topological polar surface area (TPSA) is 70.4 Å². The summed E-state index contributed by atoms with van der Waals surface area (Å²) in [4.78, 5) is 19.5. The third kappa shape index (κ3) is 3.12. The zero-order valence-corrected chi connectivity index (χ0v) is 16.3. The number of aromatic hydroxyl groups is 1. The molecule has 28 heavy (non-hydrogen) atoms. The molecule has 0 fully saturated rings. The van der Waals surface area contributed by atoms with Crippen molar-refractivity contribution in [3.63, 3.8) is 0 Å². The van der Waals surface area contributed by atoms with Gasteiger partial charge in [0, 0.05) is 17.4 Å². The number of benzene rings is 2. The van der Waals surface area contributed by atoms with Gasteiger partial charge in [0.05, 0.1) is 11.4 Å². The monoisotopic (exact) mass is 389 g/mol. The molecule has 0 bridgehead atoms. The Balaban J connectivity index is 1.86. The molecule has 5 nitrogen and oxygen atoms in total. The molecule has 0 unspecified atom stereocenters. The second-order valence-corrected chi connectivity index (χ2v) is 7.34. The largest absolute Gasteiger partial charge is 0.494 e. The summed E-state index contributed by atoms with van der Waals surface area (Å²) >= 11 is 5.30. The first kappa shape index (κ1) is 18.1. The Morgan fingerprint density at radius 3 is 2.57 bits per heavy atom. The van der Waals surface area contributed by atoms with Gasteiger partial charge in [0.2, 0.25) is 5.88 Å². The Labute approximate surface area is 167 Å². The second-order valence-electron chi connectivity index (χ2n) is 6.95. The van der Waals surface area contributed by atoms with Gasteiger partial charge in [-0.1, -0.05) is 44.2 Å². The number of nitrogens with zero attached hydrogens (tertiary/aromatic N) is 2. The first-order valence-corrected chi connectivity index (χ1v) is 9.40. The molecule has 4 rings (SSSR count). The molecule has 3 aromatic rings. The minimum Gasteiger partial charge on any atom is -0.494 e. The predicted octanol–water partition coefficient (Wildman–Crippen LogP) is 4.98. The van der Waals surface area contributed by atoms with E-state index in [-0.39, 0.29) is 16.2 Å². The van der Waals surface area contributed by atoms with E-state index < -0.39 is 5.56 Å². The molecule has 2 heterocycles. The van der Waals surface area contributed by atoms with Crippen molar-refractivity contribution < 1.29 is 5.11 Å². The maximum atomic E-state index is 12.5. The van der Waals surface area contributed by atoms with E-state index in [0.29, 0.717) is 11.6 Å². The Morgan fingerprint density at radius 2 is 1.86 bits per heavy atom. The Hall–Kier alpha value is -3.25. The molecule has 2 aromatic carbocycles. The Morgan fingerprint density at radius 1 is 1.14 bits per heavy atom. The summed E-state index contributed by atoms with van der Waals surface area (Å²) < 4.78 is 1.60. The molecule has 140 valence electrons. The fourth-order valence-corrected chi connectivity index (χ4v) is 3.51. The molecule has 6 heteroatoms. The third-order valence-corrected chi connectivity index (χ3v) is 5.08. The zero-order valence-electron chi connectivity index (χ0n) is 15.5. The van der Waals surface area contributed by atoms with Crippen LogP contribution in [0.3, 0.4) is 0 Å². The average Bonchev–Trinajstić information content (AvgIpc) is 3.08. The van der Waals surface area contributed by atoms with E-state index >= 15 is 0 Å². The molecule has 0 saturated carbocycles. The molecule has 0 amide bonds. The summed E-state index contributed by atoms with van der Waals surface area (Å²) in [5.74, 6) is 0.199. The van der Waals surface area contributed by atoms with Crippen LogP contribution in [0.1, 0.15) is 36.5 Å². The summed E-state index contributed by atoms with van der Waals surface area (Å²) in [6.07, 6.45) is 3.32. The van der Waals surface area contributed by atoms with E-state index in [9.17, 15) is 9.90 Å². The number of aromatic amines is 1. The van der Waals surface area contributed by atoms with Gasteiger partial charge in [-0.05, 0) is 48.0 Å². The van der Waals surface area contributed by atoms with Gasteiger partial charge in [0.25, 0.3) is 5.56 Å². The first-order valence-electron chi connectivity index (χ1n) is 8.99. The standard InChI is InChI=1S/C22H19N3O2S/c1-13(2)14-7-9-16(10-8-14)25-21(27)18(20(26)24-22(25)28)11-15-12-23-19-6-4-3-5-17(15)19/h3-13,27H,1-2H3,(H,24,26,28)/b15-11-. The molecule has 0 saturated heterocycles. The normalized spacial score (nSPS) is 14.0. The molecule has 0 spiro atoms. The van der Waals surface area contributed by atoms with Gasteiger partial charge in [-0.2, -0.15) is 0 Å². The maximum Gasteiger partial charge on any atom is 0.262 e. The van der Waals surface area contributed by atoms with Crippen LogP contribution in [-0.2, 0) is 0 Å². The third-order valence-electron chi connectivity index (χ3n) is 4.80. The predicted molar refractivity (Wildman–Crippen MR) is 115 cm³/mol. The van der Waals surface area contributed by atoms with Crippen LogP contribution in [0, 0.1) is 4.77 Å². The van der Waals surface area contributed by atoms with Crippen molar-refractivity contribution in [2.75, 3.05) is 0 Å². The highest BCUT2D eigenvalue weighted by Gasteiger charge is 2.16. The fourth-order valence-electron chi connectivity index (χ4n) is 3.23. The smallest absolute Gasteiger partial charge is 0.262 e. The molecular formula is C22H19N3O2S. The minimum absolute atomic E-state index is 0.139. The lowest BCUT2D eigenvalue weighted by molar-refractivity contribution is 0.432. The van der Waals surface area contributed by atoms with Gasteiger partial charge < -0.3 is 5.11 Å². The van der Waals surface area contributed by atoms with Crippen LogP contribution >= 0.6 is 12.2 Å². The zero-order chi connectivity index (χ0) is 19.8. The van der Waals surface area contributed by atoms with Crippen molar-refractivity contribution in [2.24, 2.45) is 4.99 Å². The van der Waals surface area contributed by atoms with Crippen LogP contribution < -0.4 is 5.56 Å². The number of aliphatic imine (C=N–C) groups is 1. The molecule has 2 N–H and O–H groups in total. The van der Waals surface area contributed by atoms with Gasteiger partial charge in [0.1, 0.15) is 5.56 Å². The van der Waals surface area contributed by atoms with Gasteiger partial charge in [0.15, 0.2) is 4.77 Å². The number of allylic oxidation sites excluding steroid dienone is 1. The number of hydrogen-bond donors (Lipinski definition) is 2. The van der Waals surface area contributed by atoms with Crippen LogP contribution in [0.15, 0.2) is 58.3 Å². The number of nitrogens with one attached hydrogen (secondary N) is 1. The highest BCUT2D eigenvalue weighted by atomic mass is 32.1. The SMILES string of the molecule is CC(C)c1ccc(-n2c(O)c(/C=C3/C=Nc4ccccc43)c(=O)[nH]c2=S)cc1. The number of H-pyrrole nitrogens is 1. The van der Waals surface area contributed by atoms with E-state index in [1.54, 1.807) is 12.3 Å². The molecule has 1 aliphatic heterocycles. The van der Waals surface area contributed by atoms with Gasteiger partial charge in [-0.25, -0.2) is 0 Å². The van der Waals surface area contributed by atoms with Crippen molar-refractivity contribution in [1.29, 1.82) is 0 Å². The van der Waals surface area contributed by atoms with E-state index in [0.717, 1.165) is 16.8 Å². The van der Waals surface area contributed by atoms with E-state index in [2.05, 4.69) is 23.8 Å². The van der Waals surface area contributed by atoms with Crippen molar-refractivity contribution >= 4 is 35.8 Å². The number of hydrogen-bond acceptors (Lipinski definition) is 4. The molecule has 0 aliphatic carbocycles. The van der Waals surface area contributed by atoms with Crippen LogP contribution in [0.4, 0.5) is 5.69 Å². The van der Waals surface area contributed by atoms with E-state index in [1.165, 1.54) is 10.1 Å². The summed E-state index contributed by atoms with van der Waals surface area (Å²) in [5, 5.41) is 10.9. The summed E-state index contributed by atoms with van der Waals surface area (Å²) in [7, 11) is 0. The Bertz CT molecular complexity index is 1230. The maximum absolute atomic E-state index is 12.5. The number of rotatable bonds is 3. The first-order chi connectivity index (χ1) is 13.5. The second kappa shape index (κ2) is 7.05. The molecule has 1 aromatic heterocycles. The van der Waals surface area contributed by atoms with Crippen LogP contribution in [-0.4, -0.2) is 20.9 Å². The average molecular weight is 389 g/mol. The van der Waals surface area contributed by atoms with E-state index in [4.69, 9.17) is 12.2 Å². The van der Waals surface area contributed by atoms with Crippen LogP contribution in [0.5, 0.6) is 5.88 Å². The van der Waals surface area contributed by atoms with Crippen molar-refractivity contribution in [3.8, 4) is 11.6 Å². The number of para-hydroxylation sites is 1. The van der Waals surface area contributed by atoms with Crippen molar-refractivity contribution in [2.45, 2.75) is 19.8 Å². The molecule has 1 aliphatic rings. The lowest BCUT2D eigenvalue weighted by Gasteiger charge is -2.13. The summed E-state index contributed by atoms with van der Waals surface area (Å²) in [6.45, 7) is 4.23. The highest BCUT2D eigenvalue weighted by Crippen LogP contribution is 2.33. The van der Waals surface area contributed by atoms with Crippen LogP contribution in [0.25, 0.3) is 17.3 Å². The van der Waals surface area contributed by atoms with Crippen molar-refractivity contribution in [1.82, 2.24) is 9.55 Å². The Kier molecular flexibility index (Phi) is 4.57. The number of fused-ring (bicyclic) bond motifs is 1. The lowest BCUT2D eigenvalue weighted by Crippen LogP contribution is -2.16. The quantitative estimate of drug-likeness (QED) is 0.621. The van der Waals surface area contributed by atoms with Crippen LogP contribution in [0.2, 0.25) is 0 Å². The fraction of sp³-hybridized carbons (Fsp3) is 0.136. The van der Waals surface area contributed by atoms with Gasteiger partial charge in [-0.3, -0.25) is 19.3 Å². The molecule has 0 radical (unpaired) electrons. The molecule has 0 atom stereocenters. The van der Waals surface area contributed by atoms with E-state index in [1.807, 2.05) is 48.5 Å². The lowest BCUT2D eigenvalue weighted by atomic mass is 10.0. The van der Waals surface area contributed by atoms with Gasteiger partial charge >= 0.3 is 0 Å². The molecular weight excluding hydrogens is 370 g/mol. The minimum atomic E-state index is -0.442. The summed E-state index contributed by atoms with van der Waals surface area (Å²) in [5.41, 5.74) is 4.07. The highest BCUT2D eigenvalue weighted by molar-refractivity contribution is 7.71. The number of aromatic nitrogens is 2. The summed E-state index contributed by atoms with van der Waals surface area (Å²) in [6, 6.07) is 15.4.